The second kappa shape index (κ2) is 30.5. The lowest BCUT2D eigenvalue weighted by atomic mass is 9.66. The normalized spacial score (nSPS) is 41.9. The summed E-state index contributed by atoms with van der Waals surface area (Å²) < 4.78 is 36.6. The molecule has 27 atom stereocenters. The Labute approximate surface area is 567 Å². The van der Waals surface area contributed by atoms with E-state index in [0.29, 0.717) is 88.8 Å². The van der Waals surface area contributed by atoms with Crippen molar-refractivity contribution in [3.8, 4) is 0 Å². The molecule has 15 aliphatic carbocycles. The maximum absolute atomic E-state index is 13.3. The standard InChI is InChI=1S/C26H40O4.C25H38O4.C24H36O4.6CH4/c1-4-15(3)24(27)29-21-14-17-13-20(21)23-18-11-16(22(17)23)12-19(18)25(28)30-26(5-2)9-7-6-8-10-26;1-4-14(3)23(26)28-20-13-16-12-19(20)22-17-10-15(21(16)22)11-18(17)24(27)29-25(5-2)8-6-7-9-25;1-4-13(2)22(25)27-19-12-15-11-18(19)21-16-9-14(20(15)21)10-17(16)23(26)28-24(3)7-5-6-8-24;;;;;;/h15-23H,4-14H2,1-3H3;14-22H,4-13H2,1-3H3;13-21H,4-12H2,1-3H3;6*1H4. The van der Waals surface area contributed by atoms with Gasteiger partial charge in [-0.15, -0.1) is 0 Å². The van der Waals surface area contributed by atoms with E-state index in [1.807, 2.05) is 41.5 Å². The van der Waals surface area contributed by atoms with Gasteiger partial charge in [0.05, 0.1) is 35.5 Å². The van der Waals surface area contributed by atoms with Crippen molar-refractivity contribution in [2.45, 2.75) is 335 Å². The fourth-order valence-electron chi connectivity index (χ4n) is 24.5. The van der Waals surface area contributed by atoms with Crippen molar-refractivity contribution in [3.63, 3.8) is 0 Å². The molecule has 0 heterocycles. The van der Waals surface area contributed by atoms with Crippen LogP contribution in [0.25, 0.3) is 0 Å². The molecule has 0 radical (unpaired) electrons. The molecule has 0 aromatic carbocycles. The Bertz CT molecular complexity index is 2540. The number of carbonyl (C=O) groups is 6. The Morgan fingerprint density at radius 3 is 0.882 bits per heavy atom. The monoisotopic (exact) mass is 1300 g/mol. The van der Waals surface area contributed by atoms with Crippen LogP contribution in [0, 0.1) is 142 Å². The van der Waals surface area contributed by atoms with Gasteiger partial charge in [0.1, 0.15) is 35.1 Å². The van der Waals surface area contributed by atoms with E-state index in [2.05, 4.69) is 20.8 Å². The van der Waals surface area contributed by atoms with Gasteiger partial charge in [-0.1, -0.05) is 106 Å². The van der Waals surface area contributed by atoms with Crippen molar-refractivity contribution in [3.05, 3.63) is 0 Å². The number of fused-ring (bicyclic) bond motifs is 27. The van der Waals surface area contributed by atoms with Crippen LogP contribution in [-0.2, 0) is 57.2 Å². The molecule has 12 nitrogen and oxygen atoms in total. The van der Waals surface area contributed by atoms with Crippen molar-refractivity contribution in [2.24, 2.45) is 142 Å². The van der Waals surface area contributed by atoms with Gasteiger partial charge in [-0.05, 0) is 300 Å². The van der Waals surface area contributed by atoms with E-state index in [1.165, 1.54) is 83.5 Å². The first-order valence-electron chi connectivity index (χ1n) is 37.1. The number of hydrogen-bond donors (Lipinski definition) is 0. The first-order chi connectivity index (χ1) is 41.8. The largest absolute Gasteiger partial charge is 0.462 e. The molecule has 0 aromatic heterocycles. The van der Waals surface area contributed by atoms with Crippen LogP contribution >= 0.6 is 0 Å². The summed E-state index contributed by atoms with van der Waals surface area (Å²) in [6, 6.07) is 0. The highest BCUT2D eigenvalue weighted by Gasteiger charge is 2.70. The summed E-state index contributed by atoms with van der Waals surface area (Å²) in [6.07, 6.45) is 32.8. The molecule has 93 heavy (non-hydrogen) atoms. The average Bonchev–Trinajstić information content (AvgIpc) is 1.56. The lowest BCUT2D eigenvalue weighted by Gasteiger charge is -2.42. The Balaban J connectivity index is 0.000000192. The summed E-state index contributed by atoms with van der Waals surface area (Å²) in [4.78, 5) is 76.8. The predicted octanol–water partition coefficient (Wildman–Crippen LogP) is 19.2. The number of rotatable bonds is 17. The third kappa shape index (κ3) is 13.9. The van der Waals surface area contributed by atoms with Crippen molar-refractivity contribution in [2.75, 3.05) is 0 Å². The minimum absolute atomic E-state index is 0. The zero-order chi connectivity index (χ0) is 61.0. The SMILES string of the molecule is C.C.C.C.C.C.CCC(C)C(=O)OC1CC2CC1C1C3CC(CC3C(=O)OC3(C)CCCC3)C21.CCC(C)C(=O)OC1CC2CC1C1C3CC(CC3C(=O)OC3(CC)CCCC3)C21.CCC(C)C(=O)OC1CC2CC1C1C3CC(CC3C(=O)OC3(CC)CCCCC3)C21. The van der Waals surface area contributed by atoms with E-state index >= 15 is 0 Å². The highest BCUT2D eigenvalue weighted by molar-refractivity contribution is 5.76. The van der Waals surface area contributed by atoms with E-state index < -0.39 is 0 Å². The van der Waals surface area contributed by atoms with E-state index in [4.69, 9.17) is 28.4 Å². The quantitative estimate of drug-likeness (QED) is 0.0772. The molecule has 15 rings (SSSR count). The molecule has 0 aromatic rings. The highest BCUT2D eigenvalue weighted by Crippen LogP contribution is 2.72. The molecule has 0 N–H and O–H groups in total. The number of ether oxygens (including phenoxy) is 6. The van der Waals surface area contributed by atoms with Crippen molar-refractivity contribution in [1.29, 1.82) is 0 Å². The molecule has 0 amide bonds. The summed E-state index contributed by atoms with van der Waals surface area (Å²) in [5, 5.41) is 0. The Morgan fingerprint density at radius 1 is 0.333 bits per heavy atom. The maximum atomic E-state index is 13.3. The van der Waals surface area contributed by atoms with Gasteiger partial charge in [0.2, 0.25) is 0 Å². The molecule has 12 bridgehead atoms. The van der Waals surface area contributed by atoms with Gasteiger partial charge in [-0.25, -0.2) is 0 Å². The van der Waals surface area contributed by atoms with E-state index in [9.17, 15) is 28.8 Å². The van der Waals surface area contributed by atoms with Crippen molar-refractivity contribution in [1.82, 2.24) is 0 Å². The molecule has 0 spiro atoms. The van der Waals surface area contributed by atoms with Crippen molar-refractivity contribution >= 4 is 35.8 Å². The molecule has 0 aliphatic heterocycles. The minimum Gasteiger partial charge on any atom is -0.462 e. The molecule has 15 aliphatic rings. The van der Waals surface area contributed by atoms with Crippen molar-refractivity contribution < 1.29 is 57.2 Å². The van der Waals surface area contributed by atoms with Gasteiger partial charge >= 0.3 is 35.8 Å². The number of hydrogen-bond acceptors (Lipinski definition) is 12. The van der Waals surface area contributed by atoms with Crippen LogP contribution in [0.15, 0.2) is 0 Å². The number of esters is 6. The maximum Gasteiger partial charge on any atom is 0.309 e. The van der Waals surface area contributed by atoms with Gasteiger partial charge in [-0.3, -0.25) is 28.8 Å². The van der Waals surface area contributed by atoms with Crippen LogP contribution in [0.3, 0.4) is 0 Å². The molecule has 0 saturated heterocycles. The number of carbonyl (C=O) groups excluding carboxylic acids is 6. The second-order valence-electron chi connectivity index (χ2n) is 33.3. The Kier molecular flexibility index (Phi) is 25.3. The summed E-state index contributed by atoms with van der Waals surface area (Å²) in [5.74, 6) is 11.6. The predicted molar refractivity (Wildman–Crippen MR) is 370 cm³/mol. The lowest BCUT2D eigenvalue weighted by molar-refractivity contribution is -0.174. The summed E-state index contributed by atoms with van der Waals surface area (Å²) in [6.45, 7) is 18.5. The molecule has 15 saturated carbocycles. The van der Waals surface area contributed by atoms with Crippen LogP contribution in [0.4, 0.5) is 0 Å². The second-order valence-corrected chi connectivity index (χ2v) is 33.3. The third-order valence-electron chi connectivity index (χ3n) is 29.2. The molecule has 12 heteroatoms. The van der Waals surface area contributed by atoms with Gasteiger partial charge in [0.25, 0.3) is 0 Å². The summed E-state index contributed by atoms with van der Waals surface area (Å²) >= 11 is 0. The minimum atomic E-state index is -0.221. The first kappa shape index (κ1) is 77.2. The van der Waals surface area contributed by atoms with Crippen LogP contribution in [0.2, 0.25) is 0 Å². The average molecular weight is 1300 g/mol. The van der Waals surface area contributed by atoms with Crippen LogP contribution in [0.5, 0.6) is 0 Å². The Hall–Kier alpha value is -3.18. The van der Waals surface area contributed by atoms with Gasteiger partial charge < -0.3 is 28.4 Å². The molecular weight excluding hydrogens is 1160 g/mol. The van der Waals surface area contributed by atoms with Gasteiger partial charge in [-0.2, -0.15) is 0 Å². The zero-order valence-electron chi connectivity index (χ0n) is 55.2. The van der Waals surface area contributed by atoms with Crippen LogP contribution < -0.4 is 0 Å². The Morgan fingerprint density at radius 2 is 0.591 bits per heavy atom. The topological polar surface area (TPSA) is 158 Å². The first-order valence-corrected chi connectivity index (χ1v) is 37.1. The zero-order valence-corrected chi connectivity index (χ0v) is 55.2. The molecule has 27 unspecified atom stereocenters. The summed E-state index contributed by atoms with van der Waals surface area (Å²) in [7, 11) is 0. The smallest absolute Gasteiger partial charge is 0.309 e. The molecule has 15 fully saturated rings. The summed E-state index contributed by atoms with van der Waals surface area (Å²) in [5.41, 5.74) is -0.595. The molecular formula is C81H138O12. The van der Waals surface area contributed by atoms with Gasteiger partial charge in [0, 0.05) is 0 Å². The highest BCUT2D eigenvalue weighted by atomic mass is 16.6. The van der Waals surface area contributed by atoms with E-state index in [1.54, 1.807) is 0 Å². The molecule has 534 valence electrons. The third-order valence-corrected chi connectivity index (χ3v) is 29.2. The van der Waals surface area contributed by atoms with E-state index in [-0.39, 0.29) is 151 Å². The van der Waals surface area contributed by atoms with Crippen LogP contribution in [-0.4, -0.2) is 70.9 Å². The fraction of sp³-hybridized carbons (Fsp3) is 0.926. The van der Waals surface area contributed by atoms with Gasteiger partial charge in [0.15, 0.2) is 0 Å². The van der Waals surface area contributed by atoms with Crippen LogP contribution in [0.1, 0.15) is 299 Å². The lowest BCUT2D eigenvalue weighted by Crippen LogP contribution is -2.44. The van der Waals surface area contributed by atoms with E-state index in [0.717, 1.165) is 127 Å². The fourth-order valence-corrected chi connectivity index (χ4v) is 24.5.